The number of nitrogens with one attached hydrogen (secondary N) is 2. The molecule has 0 aromatic heterocycles. The third-order valence-electron chi connectivity index (χ3n) is 2.27. The molecule has 1 heterocycles. The van der Waals surface area contributed by atoms with Crippen molar-refractivity contribution in [3.8, 4) is 0 Å². The molecule has 17 heavy (non-hydrogen) atoms. The summed E-state index contributed by atoms with van der Waals surface area (Å²) in [4.78, 5) is 16.0. The Bertz CT molecular complexity index is 297. The van der Waals surface area contributed by atoms with Gasteiger partial charge in [0.2, 0.25) is 5.91 Å². The van der Waals surface area contributed by atoms with E-state index < -0.39 is 0 Å². The van der Waals surface area contributed by atoms with E-state index >= 15 is 0 Å². The second-order valence-electron chi connectivity index (χ2n) is 5.42. The standard InChI is InChI=1S/C12H23N3OS/c1-9-6-8-17-11(14-9)13-7-5-10(16)15-12(2,3)4/h9H,5-8H2,1-4H3,(H,13,14)(H,15,16). The van der Waals surface area contributed by atoms with Crippen molar-refractivity contribution in [2.45, 2.75) is 52.1 Å². The predicted octanol–water partition coefficient (Wildman–Crippen LogP) is 1.76. The average Bonchev–Trinajstić information content (AvgIpc) is 2.14. The van der Waals surface area contributed by atoms with Crippen molar-refractivity contribution < 1.29 is 4.79 Å². The normalized spacial score (nSPS) is 23.3. The van der Waals surface area contributed by atoms with Gasteiger partial charge in [0.1, 0.15) is 0 Å². The Morgan fingerprint density at radius 3 is 2.88 bits per heavy atom. The third-order valence-corrected chi connectivity index (χ3v) is 3.23. The number of rotatable bonds is 3. The first-order valence-electron chi connectivity index (χ1n) is 6.11. The van der Waals surface area contributed by atoms with Crippen molar-refractivity contribution in [1.82, 2.24) is 10.6 Å². The first-order chi connectivity index (χ1) is 7.87. The summed E-state index contributed by atoms with van der Waals surface area (Å²) in [6.45, 7) is 8.66. The number of nitrogens with zero attached hydrogens (tertiary/aromatic N) is 1. The van der Waals surface area contributed by atoms with Gasteiger partial charge in [-0.15, -0.1) is 0 Å². The van der Waals surface area contributed by atoms with E-state index in [1.807, 2.05) is 20.8 Å². The number of thioether (sulfide) groups is 1. The summed E-state index contributed by atoms with van der Waals surface area (Å²) in [7, 11) is 0. The van der Waals surface area contributed by atoms with E-state index in [4.69, 9.17) is 0 Å². The van der Waals surface area contributed by atoms with Crippen LogP contribution in [-0.2, 0) is 4.79 Å². The van der Waals surface area contributed by atoms with Gasteiger partial charge in [0, 0.05) is 23.8 Å². The average molecular weight is 257 g/mol. The topological polar surface area (TPSA) is 53.5 Å². The molecule has 98 valence electrons. The lowest BCUT2D eigenvalue weighted by Gasteiger charge is -2.22. The van der Waals surface area contributed by atoms with Crippen LogP contribution in [0.1, 0.15) is 40.5 Å². The van der Waals surface area contributed by atoms with E-state index in [0.717, 1.165) is 10.9 Å². The second kappa shape index (κ2) is 6.28. The summed E-state index contributed by atoms with van der Waals surface area (Å²) in [6, 6.07) is 0.499. The zero-order chi connectivity index (χ0) is 12.9. The minimum absolute atomic E-state index is 0.0655. The molecular formula is C12H23N3OS. The largest absolute Gasteiger partial charge is 0.362 e. The fourth-order valence-corrected chi connectivity index (χ4v) is 2.62. The highest BCUT2D eigenvalue weighted by molar-refractivity contribution is 8.13. The lowest BCUT2D eigenvalue weighted by Crippen LogP contribution is -2.41. The third kappa shape index (κ3) is 6.56. The second-order valence-corrected chi connectivity index (χ2v) is 6.50. The molecule has 1 atom stereocenters. The van der Waals surface area contributed by atoms with Crippen LogP contribution in [0, 0.1) is 0 Å². The molecule has 0 bridgehead atoms. The van der Waals surface area contributed by atoms with E-state index in [1.165, 1.54) is 6.42 Å². The fraction of sp³-hybridized carbons (Fsp3) is 0.833. The van der Waals surface area contributed by atoms with E-state index in [9.17, 15) is 4.79 Å². The molecule has 0 aromatic rings. The molecule has 1 unspecified atom stereocenters. The summed E-state index contributed by atoms with van der Waals surface area (Å²) in [5.41, 5.74) is -0.156. The number of hydrogen-bond acceptors (Lipinski definition) is 3. The summed E-state index contributed by atoms with van der Waals surface area (Å²) in [5.74, 6) is 1.18. The molecule has 0 aliphatic carbocycles. The Balaban J connectivity index is 2.27. The van der Waals surface area contributed by atoms with Crippen LogP contribution in [0.5, 0.6) is 0 Å². The molecule has 1 aliphatic heterocycles. The van der Waals surface area contributed by atoms with E-state index in [1.54, 1.807) is 11.8 Å². The van der Waals surface area contributed by atoms with Crippen molar-refractivity contribution >= 4 is 22.8 Å². The number of amidine groups is 1. The summed E-state index contributed by atoms with van der Waals surface area (Å²) < 4.78 is 0. The van der Waals surface area contributed by atoms with Gasteiger partial charge in [-0.2, -0.15) is 0 Å². The number of carbonyl (C=O) groups excluding carboxylic acids is 1. The van der Waals surface area contributed by atoms with Gasteiger partial charge < -0.3 is 10.6 Å². The lowest BCUT2D eigenvalue weighted by molar-refractivity contribution is -0.122. The Labute approximate surface area is 108 Å². The van der Waals surface area contributed by atoms with Crippen molar-refractivity contribution in [3.63, 3.8) is 0 Å². The highest BCUT2D eigenvalue weighted by atomic mass is 32.2. The highest BCUT2D eigenvalue weighted by Crippen LogP contribution is 2.13. The van der Waals surface area contributed by atoms with Gasteiger partial charge in [0.15, 0.2) is 5.17 Å². The number of amides is 1. The van der Waals surface area contributed by atoms with Gasteiger partial charge >= 0.3 is 0 Å². The fourth-order valence-electron chi connectivity index (χ4n) is 1.49. The van der Waals surface area contributed by atoms with Crippen LogP contribution in [0.25, 0.3) is 0 Å². The van der Waals surface area contributed by atoms with Crippen LogP contribution >= 0.6 is 11.8 Å². The van der Waals surface area contributed by atoms with Crippen LogP contribution in [-0.4, -0.2) is 35.0 Å². The highest BCUT2D eigenvalue weighted by Gasteiger charge is 2.14. The predicted molar refractivity (Wildman–Crippen MR) is 74.5 cm³/mol. The minimum Gasteiger partial charge on any atom is -0.362 e. The smallest absolute Gasteiger partial charge is 0.222 e. The van der Waals surface area contributed by atoms with Gasteiger partial charge in [0.05, 0.1) is 6.54 Å². The molecule has 0 aromatic carbocycles. The van der Waals surface area contributed by atoms with E-state index in [0.29, 0.717) is 19.0 Å². The molecule has 2 N–H and O–H groups in total. The zero-order valence-electron chi connectivity index (χ0n) is 11.2. The van der Waals surface area contributed by atoms with Crippen molar-refractivity contribution in [1.29, 1.82) is 0 Å². The van der Waals surface area contributed by atoms with Crippen LogP contribution in [0.15, 0.2) is 4.99 Å². The van der Waals surface area contributed by atoms with Crippen molar-refractivity contribution in [2.24, 2.45) is 4.99 Å². The summed E-state index contributed by atoms with van der Waals surface area (Å²) in [6.07, 6.45) is 1.63. The Kier molecular flexibility index (Phi) is 5.31. The molecule has 1 amide bonds. The number of aliphatic imine (C=N–C) groups is 1. The molecule has 1 fully saturated rings. The maximum absolute atomic E-state index is 11.6. The first kappa shape index (κ1) is 14.4. The van der Waals surface area contributed by atoms with Gasteiger partial charge in [-0.25, -0.2) is 0 Å². The quantitative estimate of drug-likeness (QED) is 0.810. The minimum atomic E-state index is -0.156. The van der Waals surface area contributed by atoms with Gasteiger partial charge in [-0.3, -0.25) is 9.79 Å². The Morgan fingerprint density at radius 2 is 2.29 bits per heavy atom. The number of hydrogen-bond donors (Lipinski definition) is 2. The molecule has 4 nitrogen and oxygen atoms in total. The Hall–Kier alpha value is -0.710. The summed E-state index contributed by atoms with van der Waals surface area (Å²) in [5, 5.41) is 7.23. The lowest BCUT2D eigenvalue weighted by atomic mass is 10.1. The van der Waals surface area contributed by atoms with Gasteiger partial charge in [-0.1, -0.05) is 11.8 Å². The first-order valence-corrected chi connectivity index (χ1v) is 7.10. The van der Waals surface area contributed by atoms with E-state index in [-0.39, 0.29) is 11.4 Å². The number of carbonyl (C=O) groups is 1. The maximum atomic E-state index is 11.6. The molecule has 1 saturated heterocycles. The molecule has 0 spiro atoms. The molecule has 0 saturated carbocycles. The van der Waals surface area contributed by atoms with Gasteiger partial charge in [-0.05, 0) is 34.1 Å². The molecule has 1 aliphatic rings. The summed E-state index contributed by atoms with van der Waals surface area (Å²) >= 11 is 1.74. The Morgan fingerprint density at radius 1 is 1.59 bits per heavy atom. The molecular weight excluding hydrogens is 234 g/mol. The van der Waals surface area contributed by atoms with Gasteiger partial charge in [0.25, 0.3) is 0 Å². The van der Waals surface area contributed by atoms with Crippen LogP contribution in [0.4, 0.5) is 0 Å². The molecule has 0 radical (unpaired) electrons. The maximum Gasteiger partial charge on any atom is 0.222 e. The molecule has 1 rings (SSSR count). The van der Waals surface area contributed by atoms with Crippen molar-refractivity contribution in [2.75, 3.05) is 12.3 Å². The van der Waals surface area contributed by atoms with Crippen LogP contribution in [0.2, 0.25) is 0 Å². The monoisotopic (exact) mass is 257 g/mol. The van der Waals surface area contributed by atoms with E-state index in [2.05, 4.69) is 22.5 Å². The van der Waals surface area contributed by atoms with Crippen LogP contribution in [0.3, 0.4) is 0 Å². The van der Waals surface area contributed by atoms with Crippen LogP contribution < -0.4 is 10.6 Å². The molecule has 5 heteroatoms. The SMILES string of the molecule is CC1CCSC(=NCCC(=O)NC(C)(C)C)N1. The van der Waals surface area contributed by atoms with Crippen molar-refractivity contribution in [3.05, 3.63) is 0 Å². The zero-order valence-corrected chi connectivity index (χ0v) is 12.0.